The molecule has 10 atom stereocenters. The first-order valence-corrected chi connectivity index (χ1v) is 14.8. The van der Waals surface area contributed by atoms with E-state index in [0.29, 0.717) is 6.42 Å². The molecule has 3 heterocycles. The minimum Gasteiger partial charge on any atom is -0.459 e. The summed E-state index contributed by atoms with van der Waals surface area (Å²) in [6.07, 6.45) is -9.64. The summed E-state index contributed by atoms with van der Waals surface area (Å²) in [6.45, 7) is 7.78. The highest BCUT2D eigenvalue weighted by Gasteiger charge is 2.52. The van der Waals surface area contributed by atoms with Gasteiger partial charge in [0.05, 0.1) is 12.1 Å². The second kappa shape index (κ2) is 14.8. The molecule has 2 aliphatic rings. The second-order valence-electron chi connectivity index (χ2n) is 11.5. The number of benzene rings is 1. The van der Waals surface area contributed by atoms with Crippen LogP contribution in [0.25, 0.3) is 10.9 Å². The quantitative estimate of drug-likeness (QED) is 0.158. The molecule has 0 saturated carbocycles. The first-order valence-electron chi connectivity index (χ1n) is 14.8. The Morgan fingerprint density at radius 1 is 1.04 bits per heavy atom. The molecule has 0 bridgehead atoms. The van der Waals surface area contributed by atoms with E-state index < -0.39 is 78.9 Å². The number of carbonyl (C=O) groups is 3. The van der Waals surface area contributed by atoms with Crippen molar-refractivity contribution in [3.8, 4) is 0 Å². The molecule has 45 heavy (non-hydrogen) atoms. The molecule has 2 amide bonds. The number of methoxy groups -OCH3 is 1. The minimum atomic E-state index is -1.70. The summed E-state index contributed by atoms with van der Waals surface area (Å²) in [6, 6.07) is 6.97. The third-order valence-electron chi connectivity index (χ3n) is 8.10. The first kappa shape index (κ1) is 34.5. The van der Waals surface area contributed by atoms with Crippen LogP contribution >= 0.6 is 0 Å². The van der Waals surface area contributed by atoms with Crippen molar-refractivity contribution in [2.24, 2.45) is 7.05 Å². The van der Waals surface area contributed by atoms with Gasteiger partial charge in [-0.15, -0.1) is 0 Å². The lowest BCUT2D eigenvalue weighted by Crippen LogP contribution is -2.68. The Bertz CT molecular complexity index is 1380. The molecular weight excluding hydrogens is 590 g/mol. The third-order valence-corrected chi connectivity index (χ3v) is 8.10. The number of hydrogen-bond donors (Lipinski definition) is 5. The van der Waals surface area contributed by atoms with Crippen LogP contribution in [0.3, 0.4) is 0 Å². The van der Waals surface area contributed by atoms with Crippen molar-refractivity contribution < 1.29 is 53.4 Å². The molecular formula is C31H43N3O11. The number of esters is 1. The van der Waals surface area contributed by atoms with Gasteiger partial charge in [0.1, 0.15) is 43.2 Å². The molecule has 4 rings (SSSR count). The van der Waals surface area contributed by atoms with Gasteiger partial charge in [-0.3, -0.25) is 9.59 Å². The van der Waals surface area contributed by atoms with Gasteiger partial charge < -0.3 is 54.2 Å². The van der Waals surface area contributed by atoms with Crippen molar-refractivity contribution in [2.45, 2.75) is 88.4 Å². The Morgan fingerprint density at radius 2 is 1.76 bits per heavy atom. The lowest BCUT2D eigenvalue weighted by Gasteiger charge is -2.47. The summed E-state index contributed by atoms with van der Waals surface area (Å²) in [5, 5.41) is 39.6. The Hall–Kier alpha value is -3.37. The summed E-state index contributed by atoms with van der Waals surface area (Å²) in [4.78, 5) is 37.3. The van der Waals surface area contributed by atoms with E-state index in [4.69, 9.17) is 23.7 Å². The van der Waals surface area contributed by atoms with Crippen LogP contribution in [-0.4, -0.2) is 119 Å². The highest BCUT2D eigenvalue weighted by atomic mass is 16.7. The maximum absolute atomic E-state index is 13.3. The summed E-state index contributed by atoms with van der Waals surface area (Å²) in [5.41, 5.74) is 2.25. The van der Waals surface area contributed by atoms with Gasteiger partial charge in [-0.1, -0.05) is 24.8 Å². The van der Waals surface area contributed by atoms with Gasteiger partial charge in [-0.05, 0) is 31.9 Å². The predicted octanol–water partition coefficient (Wildman–Crippen LogP) is -0.544. The molecule has 14 heteroatoms. The topological polar surface area (TPSA) is 187 Å². The number of aryl methyl sites for hydroxylation is 1. The number of nitrogens with one attached hydrogen (secondary N) is 2. The average Bonchev–Trinajstić information content (AvgIpc) is 3.32. The molecule has 248 valence electrons. The Balaban J connectivity index is 1.48. The fourth-order valence-electron chi connectivity index (χ4n) is 5.77. The van der Waals surface area contributed by atoms with Crippen LogP contribution in [0, 0.1) is 0 Å². The average molecular weight is 634 g/mol. The zero-order chi connectivity index (χ0) is 33.0. The van der Waals surface area contributed by atoms with Gasteiger partial charge >= 0.3 is 5.97 Å². The van der Waals surface area contributed by atoms with Crippen molar-refractivity contribution in [2.75, 3.05) is 20.3 Å². The molecule has 0 aliphatic carbocycles. The largest absolute Gasteiger partial charge is 0.459 e. The minimum absolute atomic E-state index is 0.152. The SMILES string of the molecule is C=C(C)C(=O)OCC1OC(C)C(NC(C)=O)C(OC2OC(C(=O)NCCc3cn(C)c4ccccc34)C(OC)C(O)C2O)C1O. The number of aliphatic hydroxyl groups excluding tert-OH is 3. The van der Waals surface area contributed by atoms with Crippen molar-refractivity contribution in [1.82, 2.24) is 15.2 Å². The summed E-state index contributed by atoms with van der Waals surface area (Å²) < 4.78 is 30.2. The number of aliphatic hydroxyl groups is 3. The number of amides is 2. The van der Waals surface area contributed by atoms with E-state index in [9.17, 15) is 29.7 Å². The molecule has 2 fully saturated rings. The van der Waals surface area contributed by atoms with Crippen molar-refractivity contribution in [3.63, 3.8) is 0 Å². The molecule has 5 N–H and O–H groups in total. The van der Waals surface area contributed by atoms with E-state index in [-0.39, 0.29) is 18.7 Å². The van der Waals surface area contributed by atoms with Gasteiger partial charge in [0.15, 0.2) is 12.4 Å². The lowest BCUT2D eigenvalue weighted by atomic mass is 9.92. The van der Waals surface area contributed by atoms with Crippen LogP contribution in [0.2, 0.25) is 0 Å². The molecule has 2 aliphatic heterocycles. The zero-order valence-electron chi connectivity index (χ0n) is 26.0. The van der Waals surface area contributed by atoms with E-state index >= 15 is 0 Å². The van der Waals surface area contributed by atoms with Crippen LogP contribution in [-0.2, 0) is 51.5 Å². The van der Waals surface area contributed by atoms with Gasteiger partial charge in [-0.2, -0.15) is 0 Å². The fourth-order valence-corrected chi connectivity index (χ4v) is 5.77. The molecule has 1 aromatic heterocycles. The predicted molar refractivity (Wildman–Crippen MR) is 160 cm³/mol. The smallest absolute Gasteiger partial charge is 0.333 e. The number of para-hydroxylation sites is 1. The van der Waals surface area contributed by atoms with E-state index in [2.05, 4.69) is 17.2 Å². The molecule has 0 radical (unpaired) electrons. The molecule has 2 saturated heterocycles. The number of fused-ring (bicyclic) bond motifs is 1. The number of ether oxygens (including phenoxy) is 5. The molecule has 2 aromatic rings. The monoisotopic (exact) mass is 633 g/mol. The van der Waals surface area contributed by atoms with Crippen LogP contribution in [0.5, 0.6) is 0 Å². The van der Waals surface area contributed by atoms with Gasteiger partial charge in [0.2, 0.25) is 5.91 Å². The normalized spacial score (nSPS) is 31.7. The van der Waals surface area contributed by atoms with Crippen LogP contribution in [0.1, 0.15) is 26.3 Å². The number of nitrogens with zero attached hydrogens (tertiary/aromatic N) is 1. The van der Waals surface area contributed by atoms with Crippen molar-refractivity contribution >= 4 is 28.7 Å². The molecule has 10 unspecified atom stereocenters. The van der Waals surface area contributed by atoms with Crippen molar-refractivity contribution in [1.29, 1.82) is 0 Å². The summed E-state index contributed by atoms with van der Waals surface area (Å²) in [7, 11) is 3.22. The lowest BCUT2D eigenvalue weighted by molar-refractivity contribution is -0.325. The Morgan fingerprint density at radius 3 is 2.42 bits per heavy atom. The van der Waals surface area contributed by atoms with E-state index in [1.54, 1.807) is 6.92 Å². The zero-order valence-corrected chi connectivity index (χ0v) is 26.0. The van der Waals surface area contributed by atoms with Gasteiger partial charge in [-0.25, -0.2) is 4.79 Å². The molecule has 0 spiro atoms. The number of rotatable bonds is 11. The number of carbonyl (C=O) groups excluding carboxylic acids is 3. The standard InChI is InChI=1S/C31H43N3O11/c1-15(2)30(40)42-14-21-23(36)26(22(16(3)43-21)33-17(4)35)44-31-25(38)24(37)27(41-6)28(45-31)29(39)32-12-11-18-13-34(5)20-10-8-7-9-19(18)20/h7-10,13,16,21-28,31,36-38H,1,11-12,14H2,2-6H3,(H,32,39)(H,33,35). The van der Waals surface area contributed by atoms with Gasteiger partial charge in [0, 0.05) is 50.3 Å². The van der Waals surface area contributed by atoms with E-state index in [1.807, 2.05) is 42.1 Å². The molecule has 1 aromatic carbocycles. The first-order chi connectivity index (χ1) is 21.3. The number of aromatic nitrogens is 1. The second-order valence-corrected chi connectivity index (χ2v) is 11.5. The van der Waals surface area contributed by atoms with Crippen LogP contribution in [0.4, 0.5) is 0 Å². The van der Waals surface area contributed by atoms with E-state index in [1.165, 1.54) is 21.0 Å². The maximum atomic E-state index is 13.3. The Kier molecular flexibility index (Phi) is 11.4. The van der Waals surface area contributed by atoms with Crippen LogP contribution in [0.15, 0.2) is 42.6 Å². The summed E-state index contributed by atoms with van der Waals surface area (Å²) >= 11 is 0. The molecule has 14 nitrogen and oxygen atoms in total. The van der Waals surface area contributed by atoms with Crippen molar-refractivity contribution in [3.05, 3.63) is 48.2 Å². The maximum Gasteiger partial charge on any atom is 0.333 e. The third kappa shape index (κ3) is 7.72. The van der Waals surface area contributed by atoms with Crippen LogP contribution < -0.4 is 10.6 Å². The summed E-state index contributed by atoms with van der Waals surface area (Å²) in [5.74, 6) is -1.74. The number of hydrogen-bond acceptors (Lipinski definition) is 11. The fraction of sp³-hybridized carbons (Fsp3) is 0.581. The highest BCUT2D eigenvalue weighted by Crippen LogP contribution is 2.30. The highest BCUT2D eigenvalue weighted by molar-refractivity contribution is 5.87. The van der Waals surface area contributed by atoms with E-state index in [0.717, 1.165) is 16.5 Å². The van der Waals surface area contributed by atoms with Gasteiger partial charge in [0.25, 0.3) is 5.91 Å². The Labute approximate surface area is 261 Å².